The third-order valence-corrected chi connectivity index (χ3v) is 5.56. The van der Waals surface area contributed by atoms with Crippen LogP contribution in [0.5, 0.6) is 0 Å². The van der Waals surface area contributed by atoms with Gasteiger partial charge in [0, 0.05) is 5.56 Å². The van der Waals surface area contributed by atoms with E-state index in [2.05, 4.69) is 15.3 Å². The van der Waals surface area contributed by atoms with Crippen molar-refractivity contribution in [1.29, 1.82) is 0 Å². The molecule has 10 nitrogen and oxygen atoms in total. The summed E-state index contributed by atoms with van der Waals surface area (Å²) in [7, 11) is 1.27. The molecule has 35 heavy (non-hydrogen) atoms. The molecule has 10 heteroatoms. The minimum Gasteiger partial charge on any atom is -0.481 e. The zero-order valence-corrected chi connectivity index (χ0v) is 19.7. The van der Waals surface area contributed by atoms with Crippen LogP contribution in [0.4, 0.5) is 0 Å². The number of ether oxygens (including phenoxy) is 2. The number of methoxy groups -OCH3 is 1. The Hall–Kier alpha value is -4.08. The topological polar surface area (TPSA) is 145 Å². The molecule has 2 aromatic carbocycles. The molecule has 1 heterocycles. The monoisotopic (exact) mass is 481 g/mol. The summed E-state index contributed by atoms with van der Waals surface area (Å²) in [6.45, 7) is 3.54. The molecule has 0 unspecified atom stereocenters. The van der Waals surface area contributed by atoms with Crippen LogP contribution in [0.1, 0.15) is 48.7 Å². The van der Waals surface area contributed by atoms with E-state index in [0.29, 0.717) is 40.5 Å². The van der Waals surface area contributed by atoms with Gasteiger partial charge in [0.25, 0.3) is 0 Å². The highest BCUT2D eigenvalue weighted by Gasteiger charge is 2.34. The van der Waals surface area contributed by atoms with E-state index in [-0.39, 0.29) is 17.9 Å². The summed E-state index contributed by atoms with van der Waals surface area (Å²) in [6, 6.07) is 9.87. The van der Waals surface area contributed by atoms with Crippen molar-refractivity contribution in [3.63, 3.8) is 0 Å². The largest absolute Gasteiger partial charge is 0.481 e. The lowest BCUT2D eigenvalue weighted by Gasteiger charge is -2.26. The number of carboxylic acids is 1. The van der Waals surface area contributed by atoms with Gasteiger partial charge in [-0.1, -0.05) is 32.0 Å². The van der Waals surface area contributed by atoms with E-state index < -0.39 is 36.5 Å². The molecular formula is C25H27N3O7. The summed E-state index contributed by atoms with van der Waals surface area (Å²) in [6.07, 6.45) is 0.0412. The number of carbonyl (C=O) groups excluding carboxylic acids is 3. The number of aromatic nitrogens is 2. The minimum absolute atomic E-state index is 0.234. The number of para-hydroxylation sites is 2. The van der Waals surface area contributed by atoms with Gasteiger partial charge in [-0.2, -0.15) is 0 Å². The Labute approximate surface area is 201 Å². The van der Waals surface area contributed by atoms with Crippen LogP contribution in [0.25, 0.3) is 22.1 Å². The van der Waals surface area contributed by atoms with Crippen LogP contribution < -0.4 is 5.32 Å². The Bertz CT molecular complexity index is 1260. The Morgan fingerprint density at radius 1 is 1.03 bits per heavy atom. The Morgan fingerprint density at radius 3 is 2.31 bits per heavy atom. The van der Waals surface area contributed by atoms with Crippen molar-refractivity contribution >= 4 is 46.4 Å². The quantitative estimate of drug-likeness (QED) is 0.240. The summed E-state index contributed by atoms with van der Waals surface area (Å²) in [5, 5.41) is 12.3. The second kappa shape index (κ2) is 11.4. The van der Waals surface area contributed by atoms with Crippen molar-refractivity contribution in [3.05, 3.63) is 47.5 Å². The molecule has 0 bridgehead atoms. The highest BCUT2D eigenvalue weighted by Crippen LogP contribution is 2.35. The third kappa shape index (κ3) is 5.89. The van der Waals surface area contributed by atoms with Crippen molar-refractivity contribution in [2.45, 2.75) is 32.8 Å². The van der Waals surface area contributed by atoms with Gasteiger partial charge in [-0.05, 0) is 37.0 Å². The Kier molecular flexibility index (Phi) is 8.30. The number of rotatable bonds is 11. The number of carboxylic acid groups (broad SMARTS) is 1. The van der Waals surface area contributed by atoms with E-state index in [9.17, 15) is 24.3 Å². The molecule has 0 saturated carbocycles. The first-order valence-corrected chi connectivity index (χ1v) is 11.1. The van der Waals surface area contributed by atoms with E-state index in [1.807, 2.05) is 13.8 Å². The van der Waals surface area contributed by atoms with Crippen LogP contribution in [0.15, 0.2) is 36.4 Å². The average Bonchev–Trinajstić information content (AvgIpc) is 2.84. The molecule has 0 aliphatic rings. The van der Waals surface area contributed by atoms with E-state index in [0.717, 1.165) is 0 Å². The van der Waals surface area contributed by atoms with Gasteiger partial charge in [-0.3, -0.25) is 14.4 Å². The first-order chi connectivity index (χ1) is 16.8. The Balaban J connectivity index is 2.18. The molecule has 3 rings (SSSR count). The summed E-state index contributed by atoms with van der Waals surface area (Å²) in [5.74, 6) is -3.28. The predicted octanol–water partition coefficient (Wildman–Crippen LogP) is 3.04. The van der Waals surface area contributed by atoms with E-state index in [1.165, 1.54) is 7.11 Å². The van der Waals surface area contributed by atoms with Crippen LogP contribution in [-0.4, -0.2) is 53.0 Å². The van der Waals surface area contributed by atoms with Gasteiger partial charge in [-0.15, -0.1) is 0 Å². The minimum atomic E-state index is -1.17. The number of nitrogens with zero attached hydrogens (tertiary/aromatic N) is 2. The molecule has 2 atom stereocenters. The molecule has 1 amide bonds. The maximum Gasteiger partial charge on any atom is 0.340 e. The lowest BCUT2D eigenvalue weighted by atomic mass is 9.88. The lowest BCUT2D eigenvalue weighted by molar-refractivity contribution is -0.159. The van der Waals surface area contributed by atoms with Gasteiger partial charge in [0.1, 0.15) is 18.2 Å². The second-order valence-corrected chi connectivity index (χ2v) is 8.43. The van der Waals surface area contributed by atoms with Gasteiger partial charge in [0.2, 0.25) is 6.41 Å². The fourth-order valence-corrected chi connectivity index (χ4v) is 3.83. The fraction of sp³-hybridized carbons (Fsp3) is 0.360. The lowest BCUT2D eigenvalue weighted by Crippen LogP contribution is -2.31. The first-order valence-electron chi connectivity index (χ1n) is 11.1. The molecule has 0 aliphatic carbocycles. The number of carbonyl (C=O) groups is 4. The number of nitrogens with one attached hydrogen (secondary N) is 1. The highest BCUT2D eigenvalue weighted by molar-refractivity contribution is 6.03. The van der Waals surface area contributed by atoms with Crippen molar-refractivity contribution in [2.24, 2.45) is 11.8 Å². The van der Waals surface area contributed by atoms with Crippen LogP contribution in [0.3, 0.4) is 0 Å². The van der Waals surface area contributed by atoms with Crippen LogP contribution in [-0.2, 0) is 23.9 Å². The molecule has 184 valence electrons. The van der Waals surface area contributed by atoms with Crippen LogP contribution >= 0.6 is 0 Å². The number of amides is 1. The summed E-state index contributed by atoms with van der Waals surface area (Å²) < 4.78 is 10.4. The zero-order chi connectivity index (χ0) is 25.5. The SMILES string of the molecule is COC(=O)c1cccc2nc3c([C@@H](OC(=O)CNC=O)[C@@H](CCC(C)C)C(=O)O)cccc3nc12. The molecule has 0 saturated heterocycles. The molecular weight excluding hydrogens is 454 g/mol. The third-order valence-electron chi connectivity index (χ3n) is 5.56. The zero-order valence-electron chi connectivity index (χ0n) is 19.7. The van der Waals surface area contributed by atoms with Crippen molar-refractivity contribution in [2.75, 3.05) is 13.7 Å². The number of aliphatic carboxylic acids is 1. The van der Waals surface area contributed by atoms with E-state index in [1.54, 1.807) is 36.4 Å². The molecule has 3 aromatic rings. The molecule has 0 spiro atoms. The second-order valence-electron chi connectivity index (χ2n) is 8.43. The molecule has 2 N–H and O–H groups in total. The summed E-state index contributed by atoms with van der Waals surface area (Å²) in [4.78, 5) is 56.8. The molecule has 0 fully saturated rings. The number of hydrogen-bond acceptors (Lipinski definition) is 8. The van der Waals surface area contributed by atoms with Crippen molar-refractivity contribution < 1.29 is 33.8 Å². The first kappa shape index (κ1) is 25.5. The fourth-order valence-electron chi connectivity index (χ4n) is 3.83. The van der Waals surface area contributed by atoms with Gasteiger partial charge < -0.3 is 19.9 Å². The normalized spacial score (nSPS) is 12.8. The van der Waals surface area contributed by atoms with Gasteiger partial charge >= 0.3 is 17.9 Å². The van der Waals surface area contributed by atoms with Crippen molar-refractivity contribution in [3.8, 4) is 0 Å². The maximum atomic E-state index is 12.4. The van der Waals surface area contributed by atoms with Crippen LogP contribution in [0.2, 0.25) is 0 Å². The van der Waals surface area contributed by atoms with Gasteiger partial charge in [0.05, 0.1) is 35.1 Å². The molecule has 0 aliphatic heterocycles. The summed E-state index contributed by atoms with van der Waals surface area (Å²) >= 11 is 0. The van der Waals surface area contributed by atoms with E-state index >= 15 is 0 Å². The van der Waals surface area contributed by atoms with Crippen LogP contribution in [0, 0.1) is 11.8 Å². The highest BCUT2D eigenvalue weighted by atomic mass is 16.5. The molecule has 0 radical (unpaired) electrons. The number of fused-ring (bicyclic) bond motifs is 2. The van der Waals surface area contributed by atoms with Crippen molar-refractivity contribution in [1.82, 2.24) is 15.3 Å². The number of esters is 2. The number of hydrogen-bond donors (Lipinski definition) is 2. The standard InChI is InChI=1S/C25H27N3O7/c1-14(2)10-11-17(24(31)32)23(35-20(30)12-26-13-29)15-6-4-8-18-21(15)27-19-9-5-7-16(22(19)28-18)25(33)34-3/h4-9,13-14,17,23H,10-12H2,1-3H3,(H,26,29)(H,31,32)/t17-,23-/m1/s1. The predicted molar refractivity (Wildman–Crippen MR) is 126 cm³/mol. The maximum absolute atomic E-state index is 12.4. The average molecular weight is 482 g/mol. The summed E-state index contributed by atoms with van der Waals surface area (Å²) in [5.41, 5.74) is 2.09. The van der Waals surface area contributed by atoms with E-state index in [4.69, 9.17) is 9.47 Å². The number of benzene rings is 2. The molecule has 1 aromatic heterocycles. The van der Waals surface area contributed by atoms with Gasteiger partial charge in [0.15, 0.2) is 0 Å². The smallest absolute Gasteiger partial charge is 0.340 e. The Morgan fingerprint density at radius 2 is 1.69 bits per heavy atom. The van der Waals surface area contributed by atoms with Gasteiger partial charge in [-0.25, -0.2) is 14.8 Å².